The van der Waals surface area contributed by atoms with Gasteiger partial charge in [-0.1, -0.05) is 18.2 Å². The van der Waals surface area contributed by atoms with Gasteiger partial charge in [0.15, 0.2) is 11.3 Å². The van der Waals surface area contributed by atoms with Gasteiger partial charge in [-0.25, -0.2) is 4.98 Å². The van der Waals surface area contributed by atoms with Crippen molar-refractivity contribution in [2.75, 3.05) is 23.3 Å². The zero-order chi connectivity index (χ0) is 22.1. The van der Waals surface area contributed by atoms with Gasteiger partial charge in [0.2, 0.25) is 5.89 Å². The number of oxazole rings is 1. The number of amides is 1. The molecule has 0 fully saturated rings. The van der Waals surface area contributed by atoms with E-state index in [1.807, 2.05) is 42.5 Å². The predicted octanol–water partition coefficient (Wildman–Crippen LogP) is 6.34. The summed E-state index contributed by atoms with van der Waals surface area (Å²) >= 11 is 0. The number of fused-ring (bicyclic) bond motifs is 2. The minimum absolute atomic E-state index is 0.264. The van der Waals surface area contributed by atoms with Crippen LogP contribution in [0.2, 0.25) is 0 Å². The van der Waals surface area contributed by atoms with Gasteiger partial charge in [-0.15, -0.1) is 0 Å². The highest BCUT2D eigenvalue weighted by molar-refractivity contribution is 6.05. The number of nitrogens with zero attached hydrogens (tertiary/aromatic N) is 2. The van der Waals surface area contributed by atoms with Crippen LogP contribution in [0.15, 0.2) is 81.6 Å². The van der Waals surface area contributed by atoms with E-state index >= 15 is 0 Å². The highest BCUT2D eigenvalue weighted by atomic mass is 16.4. The lowest BCUT2D eigenvalue weighted by Crippen LogP contribution is -2.21. The second-order valence-electron chi connectivity index (χ2n) is 7.52. The molecule has 5 aromatic rings. The van der Waals surface area contributed by atoms with Crippen molar-refractivity contribution in [3.8, 4) is 11.5 Å². The molecule has 1 amide bonds. The van der Waals surface area contributed by atoms with E-state index < -0.39 is 0 Å². The molecule has 6 heteroatoms. The SMILES string of the molecule is CCN(CC)c1ccc(-c2nc3cc(NC(=O)c4cc5ccccc5o4)ccc3o2)cc1. The van der Waals surface area contributed by atoms with Gasteiger partial charge >= 0.3 is 0 Å². The first-order valence-corrected chi connectivity index (χ1v) is 10.7. The molecule has 0 saturated carbocycles. The van der Waals surface area contributed by atoms with Crippen LogP contribution in [-0.4, -0.2) is 24.0 Å². The molecule has 0 aliphatic rings. The van der Waals surface area contributed by atoms with Crippen LogP contribution in [0, 0.1) is 0 Å². The van der Waals surface area contributed by atoms with Crippen LogP contribution < -0.4 is 10.2 Å². The molecule has 0 saturated heterocycles. The summed E-state index contributed by atoms with van der Waals surface area (Å²) in [5, 5.41) is 3.76. The first-order valence-electron chi connectivity index (χ1n) is 10.7. The summed E-state index contributed by atoms with van der Waals surface area (Å²) in [7, 11) is 0. The van der Waals surface area contributed by atoms with Gasteiger partial charge < -0.3 is 19.1 Å². The minimum atomic E-state index is -0.309. The Balaban J connectivity index is 1.37. The Morgan fingerprint density at radius 3 is 2.44 bits per heavy atom. The van der Waals surface area contributed by atoms with E-state index in [0.717, 1.165) is 24.0 Å². The van der Waals surface area contributed by atoms with Crippen molar-refractivity contribution in [2.45, 2.75) is 13.8 Å². The number of hydrogen-bond donors (Lipinski definition) is 1. The summed E-state index contributed by atoms with van der Waals surface area (Å²) in [6.45, 7) is 6.20. The van der Waals surface area contributed by atoms with Crippen LogP contribution in [0.1, 0.15) is 24.4 Å². The summed E-state index contributed by atoms with van der Waals surface area (Å²) in [6.07, 6.45) is 0. The molecule has 5 rings (SSSR count). The highest BCUT2D eigenvalue weighted by Crippen LogP contribution is 2.28. The predicted molar refractivity (Wildman–Crippen MR) is 127 cm³/mol. The zero-order valence-electron chi connectivity index (χ0n) is 18.0. The standard InChI is InChI=1S/C26H23N3O3/c1-3-29(4-2)20-12-9-17(10-13-20)26-28-21-16-19(11-14-23(21)32-26)27-25(30)24-15-18-7-5-6-8-22(18)31-24/h5-16H,3-4H2,1-2H3,(H,27,30). The molecule has 0 spiro atoms. The maximum absolute atomic E-state index is 12.6. The fraction of sp³-hybridized carbons (Fsp3) is 0.154. The second-order valence-corrected chi connectivity index (χ2v) is 7.52. The van der Waals surface area contributed by atoms with Crippen molar-refractivity contribution in [1.82, 2.24) is 4.98 Å². The van der Waals surface area contributed by atoms with Crippen molar-refractivity contribution in [1.29, 1.82) is 0 Å². The third-order valence-electron chi connectivity index (χ3n) is 5.54. The van der Waals surface area contributed by atoms with Crippen molar-refractivity contribution < 1.29 is 13.6 Å². The number of rotatable bonds is 6. The van der Waals surface area contributed by atoms with Crippen LogP contribution in [0.25, 0.3) is 33.5 Å². The number of benzene rings is 3. The second kappa shape index (κ2) is 8.23. The Hall–Kier alpha value is -4.06. The minimum Gasteiger partial charge on any atom is -0.451 e. The van der Waals surface area contributed by atoms with E-state index in [9.17, 15) is 4.79 Å². The smallest absolute Gasteiger partial charge is 0.291 e. The number of furan rings is 1. The van der Waals surface area contributed by atoms with E-state index in [-0.39, 0.29) is 11.7 Å². The normalized spacial score (nSPS) is 11.2. The van der Waals surface area contributed by atoms with E-state index in [4.69, 9.17) is 8.83 Å². The first-order chi connectivity index (χ1) is 15.6. The topological polar surface area (TPSA) is 71.5 Å². The molecule has 160 valence electrons. The van der Waals surface area contributed by atoms with E-state index in [1.54, 1.807) is 18.2 Å². The Morgan fingerprint density at radius 2 is 1.69 bits per heavy atom. The summed E-state index contributed by atoms with van der Waals surface area (Å²) in [5.74, 6) is 0.503. The quantitative estimate of drug-likeness (QED) is 0.344. The molecule has 6 nitrogen and oxygen atoms in total. The lowest BCUT2D eigenvalue weighted by molar-refractivity contribution is 0.0998. The molecule has 3 aromatic carbocycles. The van der Waals surface area contributed by atoms with E-state index in [0.29, 0.717) is 28.3 Å². The molecule has 0 bridgehead atoms. The van der Waals surface area contributed by atoms with E-state index in [1.165, 1.54) is 5.69 Å². The molecule has 0 aliphatic heterocycles. The molecule has 0 aliphatic carbocycles. The molecule has 0 radical (unpaired) electrons. The molecule has 2 heterocycles. The van der Waals surface area contributed by atoms with Crippen LogP contribution in [0.3, 0.4) is 0 Å². The number of carbonyl (C=O) groups is 1. The summed E-state index contributed by atoms with van der Waals surface area (Å²) < 4.78 is 11.6. The van der Waals surface area contributed by atoms with Crippen LogP contribution in [-0.2, 0) is 0 Å². The maximum atomic E-state index is 12.6. The Bertz CT molecular complexity index is 1360. The maximum Gasteiger partial charge on any atom is 0.291 e. The molecule has 1 N–H and O–H groups in total. The van der Waals surface area contributed by atoms with Crippen molar-refractivity contribution in [3.63, 3.8) is 0 Å². The molecular formula is C26H23N3O3. The molecular weight excluding hydrogens is 402 g/mol. The molecule has 32 heavy (non-hydrogen) atoms. The van der Waals surface area contributed by atoms with E-state index in [2.05, 4.69) is 41.2 Å². The third-order valence-corrected chi connectivity index (χ3v) is 5.54. The summed E-state index contributed by atoms with van der Waals surface area (Å²) in [4.78, 5) is 19.5. The monoisotopic (exact) mass is 425 g/mol. The average molecular weight is 425 g/mol. The zero-order valence-corrected chi connectivity index (χ0v) is 18.0. The summed E-state index contributed by atoms with van der Waals surface area (Å²) in [6, 6.07) is 22.9. The average Bonchev–Trinajstić information content (AvgIpc) is 3.44. The Morgan fingerprint density at radius 1 is 0.906 bits per heavy atom. The van der Waals surface area contributed by atoms with Gasteiger partial charge in [0.05, 0.1) is 0 Å². The Kier molecular flexibility index (Phi) is 5.11. The highest BCUT2D eigenvalue weighted by Gasteiger charge is 2.14. The van der Waals surface area contributed by atoms with Gasteiger partial charge in [0, 0.05) is 35.4 Å². The van der Waals surface area contributed by atoms with Gasteiger partial charge in [0.25, 0.3) is 5.91 Å². The number of para-hydroxylation sites is 1. The largest absolute Gasteiger partial charge is 0.451 e. The van der Waals surface area contributed by atoms with Crippen molar-refractivity contribution in [2.24, 2.45) is 0 Å². The molecule has 2 aromatic heterocycles. The number of hydrogen-bond acceptors (Lipinski definition) is 5. The Labute approximate surface area is 185 Å². The number of aromatic nitrogens is 1. The molecule has 0 unspecified atom stereocenters. The van der Waals surface area contributed by atoms with Crippen LogP contribution in [0.5, 0.6) is 0 Å². The third kappa shape index (κ3) is 3.71. The van der Waals surface area contributed by atoms with Gasteiger partial charge in [-0.2, -0.15) is 0 Å². The number of nitrogens with one attached hydrogen (secondary N) is 1. The number of carbonyl (C=O) groups excluding carboxylic acids is 1. The lowest BCUT2D eigenvalue weighted by atomic mass is 10.2. The molecule has 0 atom stereocenters. The number of anilines is 2. The lowest BCUT2D eigenvalue weighted by Gasteiger charge is -2.20. The summed E-state index contributed by atoms with van der Waals surface area (Å²) in [5.41, 5.74) is 4.72. The first kappa shape index (κ1) is 19.9. The van der Waals surface area contributed by atoms with Gasteiger partial charge in [-0.05, 0) is 68.4 Å². The van der Waals surface area contributed by atoms with Crippen molar-refractivity contribution in [3.05, 3.63) is 78.6 Å². The van der Waals surface area contributed by atoms with Crippen LogP contribution in [0.4, 0.5) is 11.4 Å². The van der Waals surface area contributed by atoms with Crippen LogP contribution >= 0.6 is 0 Å². The van der Waals surface area contributed by atoms with Crippen molar-refractivity contribution >= 4 is 39.4 Å². The fourth-order valence-corrected chi connectivity index (χ4v) is 3.82. The van der Waals surface area contributed by atoms with Gasteiger partial charge in [0.1, 0.15) is 11.1 Å². The fourth-order valence-electron chi connectivity index (χ4n) is 3.82. The van der Waals surface area contributed by atoms with Gasteiger partial charge in [-0.3, -0.25) is 4.79 Å².